The fourth-order valence-corrected chi connectivity index (χ4v) is 1.86. The molecule has 0 fully saturated rings. The Kier molecular flexibility index (Phi) is 9.59. The third-order valence-electron chi connectivity index (χ3n) is 3.66. The van der Waals surface area contributed by atoms with E-state index in [1.54, 1.807) is 24.2 Å². The van der Waals surface area contributed by atoms with E-state index in [4.69, 9.17) is 14.2 Å². The maximum absolute atomic E-state index is 11.8. The topological polar surface area (TPSA) is 74.6 Å². The number of carbonyl (C=O) groups excluding carboxylic acids is 1. The van der Waals surface area contributed by atoms with Gasteiger partial charge in [0.2, 0.25) is 5.91 Å². The zero-order valence-electron chi connectivity index (χ0n) is 15.3. The molecule has 0 spiro atoms. The predicted octanol–water partition coefficient (Wildman–Crippen LogP) is 2.47. The molecule has 0 aromatic carbocycles. The zero-order valence-corrected chi connectivity index (χ0v) is 15.3. The molecule has 0 atom stereocenters. The van der Waals surface area contributed by atoms with Gasteiger partial charge in [0, 0.05) is 26.5 Å². The number of carbonyl (C=O) groups is 1. The van der Waals surface area contributed by atoms with Crippen LogP contribution in [0.5, 0.6) is 0 Å². The Morgan fingerprint density at radius 1 is 1.29 bits per heavy atom. The van der Waals surface area contributed by atoms with Crippen molar-refractivity contribution in [3.63, 3.8) is 0 Å². The van der Waals surface area contributed by atoms with Crippen LogP contribution in [0.3, 0.4) is 0 Å². The molecule has 0 unspecified atom stereocenters. The molecule has 0 aliphatic carbocycles. The van der Waals surface area contributed by atoms with Gasteiger partial charge in [-0.1, -0.05) is 13.3 Å². The molecule has 0 saturated heterocycles. The minimum atomic E-state index is -0.194. The highest BCUT2D eigenvalue weighted by molar-refractivity contribution is 5.91. The summed E-state index contributed by atoms with van der Waals surface area (Å²) < 4.78 is 17.8. The molecule has 24 heavy (non-hydrogen) atoms. The first kappa shape index (κ1) is 20.6. The average molecular weight is 341 g/mol. The van der Waals surface area contributed by atoms with Gasteiger partial charge < -0.3 is 19.5 Å². The number of aryl methyl sites for hydroxylation is 1. The SMILES string of the molecule is CCCCOCCOCC(=O)Nc1cnn(CCC(C)(C)OC)c1. The van der Waals surface area contributed by atoms with Crippen LogP contribution in [0.15, 0.2) is 12.4 Å². The lowest BCUT2D eigenvalue weighted by molar-refractivity contribution is -0.121. The van der Waals surface area contributed by atoms with Crippen LogP contribution < -0.4 is 5.32 Å². The van der Waals surface area contributed by atoms with Gasteiger partial charge >= 0.3 is 0 Å². The summed E-state index contributed by atoms with van der Waals surface area (Å²) in [6.45, 7) is 8.59. The average Bonchev–Trinajstić information content (AvgIpc) is 3.00. The van der Waals surface area contributed by atoms with E-state index in [1.807, 2.05) is 13.8 Å². The molecular formula is C17H31N3O4. The van der Waals surface area contributed by atoms with Gasteiger partial charge in [0.15, 0.2) is 0 Å². The van der Waals surface area contributed by atoms with Crippen LogP contribution in [0.25, 0.3) is 0 Å². The maximum Gasteiger partial charge on any atom is 0.250 e. The van der Waals surface area contributed by atoms with E-state index in [1.165, 1.54) is 0 Å². The summed E-state index contributed by atoms with van der Waals surface area (Å²) in [4.78, 5) is 11.8. The molecule has 0 bridgehead atoms. The summed E-state index contributed by atoms with van der Waals surface area (Å²) in [5.41, 5.74) is 0.473. The monoisotopic (exact) mass is 341 g/mol. The van der Waals surface area contributed by atoms with Gasteiger partial charge in [-0.2, -0.15) is 5.10 Å². The molecule has 0 saturated carbocycles. The Morgan fingerprint density at radius 2 is 2.04 bits per heavy atom. The lowest BCUT2D eigenvalue weighted by Crippen LogP contribution is -2.24. The Hall–Kier alpha value is -1.44. The molecular weight excluding hydrogens is 310 g/mol. The first-order valence-corrected chi connectivity index (χ1v) is 8.50. The number of anilines is 1. The lowest BCUT2D eigenvalue weighted by atomic mass is 10.1. The van der Waals surface area contributed by atoms with E-state index in [2.05, 4.69) is 17.3 Å². The summed E-state index contributed by atoms with van der Waals surface area (Å²) in [5, 5.41) is 7.00. The van der Waals surface area contributed by atoms with Crippen LogP contribution in [-0.2, 0) is 25.5 Å². The van der Waals surface area contributed by atoms with Crippen molar-refractivity contribution in [2.75, 3.05) is 38.9 Å². The molecule has 0 aliphatic rings. The van der Waals surface area contributed by atoms with Gasteiger partial charge in [0.05, 0.1) is 30.7 Å². The molecule has 1 amide bonds. The van der Waals surface area contributed by atoms with E-state index >= 15 is 0 Å². The van der Waals surface area contributed by atoms with E-state index in [0.29, 0.717) is 18.9 Å². The van der Waals surface area contributed by atoms with E-state index < -0.39 is 0 Å². The second-order valence-electron chi connectivity index (χ2n) is 6.27. The van der Waals surface area contributed by atoms with Crippen LogP contribution >= 0.6 is 0 Å². The number of nitrogens with zero attached hydrogens (tertiary/aromatic N) is 2. The normalized spacial score (nSPS) is 11.7. The number of amides is 1. The van der Waals surface area contributed by atoms with Crippen LogP contribution in [0.4, 0.5) is 5.69 Å². The van der Waals surface area contributed by atoms with Crippen LogP contribution in [0.1, 0.15) is 40.0 Å². The summed E-state index contributed by atoms with van der Waals surface area (Å²) in [6.07, 6.45) is 6.43. The van der Waals surface area contributed by atoms with Gasteiger partial charge in [-0.05, 0) is 26.7 Å². The second-order valence-corrected chi connectivity index (χ2v) is 6.27. The zero-order chi connectivity index (χ0) is 17.8. The van der Waals surface area contributed by atoms with Crippen molar-refractivity contribution < 1.29 is 19.0 Å². The molecule has 1 N–H and O–H groups in total. The summed E-state index contributed by atoms with van der Waals surface area (Å²) >= 11 is 0. The number of ether oxygens (including phenoxy) is 3. The Morgan fingerprint density at radius 3 is 2.75 bits per heavy atom. The Labute approximate surface area is 144 Å². The molecule has 1 heterocycles. The van der Waals surface area contributed by atoms with Crippen molar-refractivity contribution in [1.82, 2.24) is 9.78 Å². The molecule has 1 aromatic rings. The van der Waals surface area contributed by atoms with E-state index in [-0.39, 0.29) is 18.1 Å². The molecule has 7 nitrogen and oxygen atoms in total. The first-order chi connectivity index (χ1) is 11.5. The number of aromatic nitrogens is 2. The number of nitrogens with one attached hydrogen (secondary N) is 1. The summed E-state index contributed by atoms with van der Waals surface area (Å²) in [7, 11) is 1.70. The highest BCUT2D eigenvalue weighted by atomic mass is 16.5. The smallest absolute Gasteiger partial charge is 0.250 e. The highest BCUT2D eigenvalue weighted by Crippen LogP contribution is 2.14. The number of rotatable bonds is 13. The van der Waals surface area contributed by atoms with Crippen molar-refractivity contribution >= 4 is 11.6 Å². The molecule has 7 heteroatoms. The molecule has 1 aromatic heterocycles. The quantitative estimate of drug-likeness (QED) is 0.558. The largest absolute Gasteiger partial charge is 0.379 e. The van der Waals surface area contributed by atoms with Crippen molar-refractivity contribution in [2.24, 2.45) is 0 Å². The van der Waals surface area contributed by atoms with Crippen LogP contribution in [0.2, 0.25) is 0 Å². The van der Waals surface area contributed by atoms with Crippen molar-refractivity contribution in [2.45, 2.75) is 52.2 Å². The number of unbranched alkanes of at least 4 members (excludes halogenated alkanes) is 1. The van der Waals surface area contributed by atoms with Crippen LogP contribution in [0, 0.1) is 0 Å². The minimum Gasteiger partial charge on any atom is -0.379 e. The lowest BCUT2D eigenvalue weighted by Gasteiger charge is -2.22. The third kappa shape index (κ3) is 9.00. The first-order valence-electron chi connectivity index (χ1n) is 8.50. The van der Waals surface area contributed by atoms with Gasteiger partial charge in [-0.3, -0.25) is 9.48 Å². The van der Waals surface area contributed by atoms with Gasteiger partial charge in [0.1, 0.15) is 6.61 Å². The van der Waals surface area contributed by atoms with Gasteiger partial charge in [-0.15, -0.1) is 0 Å². The maximum atomic E-state index is 11.8. The highest BCUT2D eigenvalue weighted by Gasteiger charge is 2.16. The fraction of sp³-hybridized carbons (Fsp3) is 0.765. The predicted molar refractivity (Wildman–Crippen MR) is 93.1 cm³/mol. The molecule has 0 aliphatic heterocycles. The van der Waals surface area contributed by atoms with Crippen molar-refractivity contribution in [3.05, 3.63) is 12.4 Å². The molecule has 0 radical (unpaired) electrons. The Bertz CT molecular complexity index is 474. The number of methoxy groups -OCH3 is 1. The fourth-order valence-electron chi connectivity index (χ4n) is 1.86. The second kappa shape index (κ2) is 11.2. The third-order valence-corrected chi connectivity index (χ3v) is 3.66. The van der Waals surface area contributed by atoms with E-state index in [9.17, 15) is 4.79 Å². The van der Waals surface area contributed by atoms with Gasteiger partial charge in [0.25, 0.3) is 0 Å². The minimum absolute atomic E-state index is 0.0129. The van der Waals surface area contributed by atoms with Crippen molar-refractivity contribution in [1.29, 1.82) is 0 Å². The summed E-state index contributed by atoms with van der Waals surface area (Å²) in [6, 6.07) is 0. The van der Waals surface area contributed by atoms with Gasteiger partial charge in [-0.25, -0.2) is 0 Å². The Balaban J connectivity index is 2.18. The number of hydrogen-bond donors (Lipinski definition) is 1. The van der Waals surface area contributed by atoms with E-state index in [0.717, 1.165) is 32.4 Å². The van der Waals surface area contributed by atoms with Crippen LogP contribution in [-0.4, -0.2) is 54.8 Å². The summed E-state index contributed by atoms with van der Waals surface area (Å²) in [5.74, 6) is -0.194. The van der Waals surface area contributed by atoms with Crippen molar-refractivity contribution in [3.8, 4) is 0 Å². The molecule has 1 rings (SSSR count). The number of hydrogen-bond acceptors (Lipinski definition) is 5. The standard InChI is InChI=1S/C17H31N3O4/c1-5-6-9-23-10-11-24-14-16(21)19-15-12-18-20(13-15)8-7-17(2,3)22-4/h12-13H,5-11,14H2,1-4H3,(H,19,21). The molecule has 138 valence electrons.